The fourth-order valence-electron chi connectivity index (χ4n) is 5.02. The summed E-state index contributed by atoms with van der Waals surface area (Å²) in [7, 11) is 1.89. The number of aryl methyl sites for hydroxylation is 1. The lowest BCUT2D eigenvalue weighted by atomic mass is 9.70. The molecule has 1 aliphatic carbocycles. The second-order valence-electron chi connectivity index (χ2n) is 9.32. The Labute approximate surface area is 206 Å². The highest BCUT2D eigenvalue weighted by molar-refractivity contribution is 6.31. The van der Waals surface area contributed by atoms with Crippen LogP contribution in [0.3, 0.4) is 0 Å². The van der Waals surface area contributed by atoms with Crippen LogP contribution >= 0.6 is 0 Å². The Kier molecular flexibility index (Phi) is 5.06. The minimum Gasteiger partial charge on any atom is -0.507 e. The molecule has 3 aromatic rings. The summed E-state index contributed by atoms with van der Waals surface area (Å²) >= 11 is 0. The fourth-order valence-corrected chi connectivity index (χ4v) is 5.02. The smallest absolute Gasteiger partial charge is 0.194 e. The largest absolute Gasteiger partial charge is 0.507 e. The molecule has 5 rings (SSSR count). The summed E-state index contributed by atoms with van der Waals surface area (Å²) in [4.78, 5) is 43.9. The van der Waals surface area contributed by atoms with Gasteiger partial charge in [0.2, 0.25) is 0 Å². The number of allylic oxidation sites excluding steroid dienone is 4. The number of rotatable bonds is 4. The van der Waals surface area contributed by atoms with Gasteiger partial charge in [-0.05, 0) is 39.8 Å². The molecule has 0 amide bonds. The summed E-state index contributed by atoms with van der Waals surface area (Å²) < 4.78 is 7.73. The number of aromatic hydroxyl groups is 2. The van der Waals surface area contributed by atoms with Crippen LogP contribution in [0.15, 0.2) is 47.4 Å². The van der Waals surface area contributed by atoms with Crippen molar-refractivity contribution in [3.05, 3.63) is 69.9 Å². The van der Waals surface area contributed by atoms with E-state index in [-0.39, 0.29) is 46.1 Å². The van der Waals surface area contributed by atoms with Crippen LogP contribution in [0.4, 0.5) is 0 Å². The minimum absolute atomic E-state index is 0.00204. The second kappa shape index (κ2) is 7.81. The van der Waals surface area contributed by atoms with Crippen molar-refractivity contribution in [1.82, 2.24) is 14.9 Å². The van der Waals surface area contributed by atoms with Crippen LogP contribution in [0.5, 0.6) is 17.2 Å². The first-order valence-electron chi connectivity index (χ1n) is 11.4. The number of carbonyl (C=O) groups excluding carboxylic acids is 3. The van der Waals surface area contributed by atoms with Gasteiger partial charge in [0, 0.05) is 24.4 Å². The van der Waals surface area contributed by atoms with Gasteiger partial charge in [-0.15, -0.1) is 0 Å². The first kappa shape index (κ1) is 23.3. The molecule has 0 saturated carbocycles. The molecule has 2 heterocycles. The van der Waals surface area contributed by atoms with Gasteiger partial charge in [0.1, 0.15) is 39.8 Å². The molecule has 36 heavy (non-hydrogen) atoms. The minimum atomic E-state index is -1.55. The zero-order chi connectivity index (χ0) is 26.1. The van der Waals surface area contributed by atoms with Crippen LogP contribution in [0, 0.1) is 6.92 Å². The van der Waals surface area contributed by atoms with Crippen LogP contribution in [0.1, 0.15) is 48.1 Å². The summed E-state index contributed by atoms with van der Waals surface area (Å²) in [6.07, 6.45) is 1.20. The number of carbonyl (C=O) groups is 3. The third kappa shape index (κ3) is 3.02. The lowest BCUT2D eigenvalue weighted by molar-refractivity contribution is -0.123. The molecule has 1 atom stereocenters. The van der Waals surface area contributed by atoms with E-state index in [1.54, 1.807) is 6.92 Å². The van der Waals surface area contributed by atoms with Crippen molar-refractivity contribution in [1.29, 1.82) is 0 Å². The molecule has 0 spiro atoms. The molecule has 0 saturated heterocycles. The SMILES string of the molecule is CC(=O)c1c(O)c(C)c(O)c2c1OC1=CC(=O)/C(=C(/C)NCc3nc4ccccc4n3C)C(=O)[C@]12C. The second-order valence-corrected chi connectivity index (χ2v) is 9.32. The number of fused-ring (bicyclic) bond motifs is 4. The van der Waals surface area contributed by atoms with Crippen LogP contribution in [-0.4, -0.2) is 37.1 Å². The van der Waals surface area contributed by atoms with Gasteiger partial charge in [0.05, 0.1) is 28.7 Å². The Bertz CT molecular complexity index is 1590. The number of para-hydroxylation sites is 2. The highest BCUT2D eigenvalue weighted by atomic mass is 16.5. The van der Waals surface area contributed by atoms with E-state index in [9.17, 15) is 24.6 Å². The molecule has 2 aromatic carbocycles. The molecular weight excluding hydrogens is 462 g/mol. The Morgan fingerprint density at radius 3 is 2.53 bits per heavy atom. The molecule has 9 nitrogen and oxygen atoms in total. The number of phenols is 2. The van der Waals surface area contributed by atoms with E-state index in [0.29, 0.717) is 5.70 Å². The molecule has 184 valence electrons. The van der Waals surface area contributed by atoms with Crippen molar-refractivity contribution in [2.75, 3.05) is 0 Å². The van der Waals surface area contributed by atoms with Crippen LogP contribution in [-0.2, 0) is 28.6 Å². The van der Waals surface area contributed by atoms with Gasteiger partial charge in [-0.2, -0.15) is 0 Å². The quantitative estimate of drug-likeness (QED) is 0.290. The maximum Gasteiger partial charge on any atom is 0.194 e. The lowest BCUT2D eigenvalue weighted by Gasteiger charge is -2.29. The van der Waals surface area contributed by atoms with Crippen molar-refractivity contribution < 1.29 is 29.3 Å². The topological polar surface area (TPSA) is 131 Å². The fraction of sp³-hybridized carbons (Fsp3) is 0.259. The molecular formula is C27H25N3O6. The number of benzene rings is 2. The number of hydrogen-bond acceptors (Lipinski definition) is 8. The maximum absolute atomic E-state index is 13.9. The third-order valence-corrected chi connectivity index (χ3v) is 7.15. The Hall–Kier alpha value is -4.40. The van der Waals surface area contributed by atoms with Gasteiger partial charge in [0.15, 0.2) is 17.3 Å². The van der Waals surface area contributed by atoms with E-state index in [0.717, 1.165) is 16.9 Å². The number of phenolic OH excluding ortho intramolecular Hbond substituents is 2. The number of Topliss-reactive ketones (excluding diaryl/α,β-unsaturated/α-hetero) is 2. The molecule has 9 heteroatoms. The first-order valence-corrected chi connectivity index (χ1v) is 11.4. The van der Waals surface area contributed by atoms with Crippen molar-refractivity contribution in [2.45, 2.75) is 39.7 Å². The Morgan fingerprint density at radius 2 is 1.86 bits per heavy atom. The number of ketones is 3. The highest BCUT2D eigenvalue weighted by Crippen LogP contribution is 2.57. The van der Waals surface area contributed by atoms with Crippen LogP contribution in [0.2, 0.25) is 0 Å². The monoisotopic (exact) mass is 487 g/mol. The summed E-state index contributed by atoms with van der Waals surface area (Å²) in [6.45, 7) is 6.14. The van der Waals surface area contributed by atoms with E-state index in [1.807, 2.05) is 35.9 Å². The standard InChI is InChI=1S/C27H25N3O6/c1-12-23(33)21(14(3)31)25-22(24(12)34)27(4)18(36-25)10-17(32)20(26(27)35)13(2)28-11-19-29-15-8-6-7-9-16(15)30(19)5/h6-10,28,33-34H,11H2,1-5H3/b20-13+/t27-/m1/s1. The van der Waals surface area contributed by atoms with E-state index in [1.165, 1.54) is 26.8 Å². The van der Waals surface area contributed by atoms with Crippen molar-refractivity contribution in [3.8, 4) is 17.2 Å². The number of hydrogen-bond donors (Lipinski definition) is 3. The molecule has 3 N–H and O–H groups in total. The molecule has 0 bridgehead atoms. The van der Waals surface area contributed by atoms with Gasteiger partial charge < -0.3 is 24.8 Å². The number of ether oxygens (including phenoxy) is 1. The van der Waals surface area contributed by atoms with E-state index >= 15 is 0 Å². The van der Waals surface area contributed by atoms with Gasteiger partial charge in [0.25, 0.3) is 0 Å². The van der Waals surface area contributed by atoms with Gasteiger partial charge in [-0.25, -0.2) is 4.98 Å². The van der Waals surface area contributed by atoms with Gasteiger partial charge in [-0.1, -0.05) is 12.1 Å². The number of imidazole rings is 1. The third-order valence-electron chi connectivity index (χ3n) is 7.15. The van der Waals surface area contributed by atoms with Crippen molar-refractivity contribution in [2.24, 2.45) is 7.05 Å². The zero-order valence-corrected chi connectivity index (χ0v) is 20.5. The van der Waals surface area contributed by atoms with Crippen LogP contribution in [0.25, 0.3) is 11.0 Å². The highest BCUT2D eigenvalue weighted by Gasteiger charge is 2.56. The van der Waals surface area contributed by atoms with Crippen molar-refractivity contribution in [3.63, 3.8) is 0 Å². The predicted octanol–water partition coefficient (Wildman–Crippen LogP) is 3.25. The molecule has 2 aliphatic rings. The Balaban J connectivity index is 1.58. The molecule has 1 aromatic heterocycles. The van der Waals surface area contributed by atoms with E-state index in [4.69, 9.17) is 4.74 Å². The summed E-state index contributed by atoms with van der Waals surface area (Å²) in [5.41, 5.74) is 0.492. The number of nitrogens with one attached hydrogen (secondary N) is 1. The lowest BCUT2D eigenvalue weighted by Crippen LogP contribution is -2.41. The van der Waals surface area contributed by atoms with Gasteiger partial charge in [-0.3, -0.25) is 14.4 Å². The molecule has 0 radical (unpaired) electrons. The molecule has 1 aliphatic heterocycles. The maximum atomic E-state index is 13.9. The van der Waals surface area contributed by atoms with E-state index in [2.05, 4.69) is 10.3 Å². The van der Waals surface area contributed by atoms with Crippen molar-refractivity contribution >= 4 is 28.4 Å². The average Bonchev–Trinajstić information content (AvgIpc) is 3.30. The predicted molar refractivity (Wildman–Crippen MR) is 131 cm³/mol. The van der Waals surface area contributed by atoms with E-state index < -0.39 is 28.5 Å². The molecule has 0 fully saturated rings. The van der Waals surface area contributed by atoms with Crippen LogP contribution < -0.4 is 10.1 Å². The summed E-state index contributed by atoms with van der Waals surface area (Å²) in [6, 6.07) is 7.69. The molecule has 0 unspecified atom stereocenters. The summed E-state index contributed by atoms with van der Waals surface area (Å²) in [5, 5.41) is 24.5. The number of aromatic nitrogens is 2. The normalized spacial score (nSPS) is 20.1. The summed E-state index contributed by atoms with van der Waals surface area (Å²) in [5.74, 6) is -1.79. The first-order chi connectivity index (χ1) is 17.0. The van der Waals surface area contributed by atoms with Gasteiger partial charge >= 0.3 is 0 Å². The Morgan fingerprint density at radius 1 is 1.17 bits per heavy atom. The average molecular weight is 488 g/mol. The number of nitrogens with zero attached hydrogens (tertiary/aromatic N) is 2. The zero-order valence-electron chi connectivity index (χ0n) is 20.5.